The minimum absolute atomic E-state index is 0.392. The molecule has 5 N–H and O–H groups in total. The van der Waals surface area contributed by atoms with E-state index in [2.05, 4.69) is 0 Å². The van der Waals surface area contributed by atoms with E-state index in [1.54, 1.807) is 0 Å². The van der Waals surface area contributed by atoms with E-state index in [1.165, 1.54) is 0 Å². The first-order valence-corrected chi connectivity index (χ1v) is 3.22. The molecule has 0 heterocycles. The number of hydrogen-bond donors (Lipinski definition) is 5. The first-order chi connectivity index (χ1) is 5.13. The Labute approximate surface area is 64.5 Å². The Morgan fingerprint density at radius 2 is 1.64 bits per heavy atom. The van der Waals surface area contributed by atoms with Crippen LogP contribution in [0, 0.1) is 6.42 Å². The summed E-state index contributed by atoms with van der Waals surface area (Å²) >= 11 is 0. The van der Waals surface area contributed by atoms with Crippen LogP contribution in [0.15, 0.2) is 0 Å². The van der Waals surface area contributed by atoms with Gasteiger partial charge in [-0.3, -0.25) is 0 Å². The third-order valence-electron chi connectivity index (χ3n) is 1.28. The fourth-order valence-electron chi connectivity index (χ4n) is 0.583. The molecule has 0 aromatic rings. The van der Waals surface area contributed by atoms with E-state index in [1.807, 2.05) is 0 Å². The molecule has 3 unspecified atom stereocenters. The third-order valence-corrected chi connectivity index (χ3v) is 1.28. The lowest BCUT2D eigenvalue weighted by Crippen LogP contribution is -2.40. The van der Waals surface area contributed by atoms with Crippen molar-refractivity contribution in [3.63, 3.8) is 0 Å². The number of aliphatic hydroxyl groups is 5. The molecule has 0 aliphatic carbocycles. The maximum absolute atomic E-state index is 8.91. The highest BCUT2D eigenvalue weighted by Gasteiger charge is 2.23. The first-order valence-electron chi connectivity index (χ1n) is 3.22. The summed E-state index contributed by atoms with van der Waals surface area (Å²) in [7, 11) is 0. The lowest BCUT2D eigenvalue weighted by molar-refractivity contribution is -0.0678. The van der Waals surface area contributed by atoms with Gasteiger partial charge in [0.1, 0.15) is 12.2 Å². The van der Waals surface area contributed by atoms with Crippen LogP contribution in [-0.2, 0) is 0 Å². The number of hydrogen-bond acceptors (Lipinski definition) is 5. The molecule has 0 saturated heterocycles. The third kappa shape index (κ3) is 3.64. The van der Waals surface area contributed by atoms with Gasteiger partial charge in [0, 0.05) is 13.0 Å². The largest absolute Gasteiger partial charge is 0.396 e. The summed E-state index contributed by atoms with van der Waals surface area (Å²) in [6.07, 6.45) is -3.13. The van der Waals surface area contributed by atoms with Crippen LogP contribution in [0.2, 0.25) is 0 Å². The Morgan fingerprint density at radius 3 is 2.00 bits per heavy atom. The van der Waals surface area contributed by atoms with Gasteiger partial charge in [-0.1, -0.05) is 0 Å². The first kappa shape index (κ1) is 10.8. The molecule has 67 valence electrons. The average Bonchev–Trinajstić information content (AvgIpc) is 2.02. The predicted octanol–water partition coefficient (Wildman–Crippen LogP) is -2.74. The van der Waals surface area contributed by atoms with Gasteiger partial charge in [0.15, 0.2) is 0 Å². The van der Waals surface area contributed by atoms with E-state index < -0.39 is 31.5 Å². The van der Waals surface area contributed by atoms with E-state index in [0.29, 0.717) is 0 Å². The molecule has 3 atom stereocenters. The minimum Gasteiger partial charge on any atom is -0.396 e. The number of rotatable bonds is 5. The van der Waals surface area contributed by atoms with Gasteiger partial charge in [-0.15, -0.1) is 0 Å². The maximum atomic E-state index is 8.91. The molecular formula is C6H13O5. The molecule has 0 saturated carbocycles. The standard InChI is InChI=1S/C6H13O5/c7-2-1-4(9)6(11)5(10)3-8/h1,4-11H,2-3H2. The van der Waals surface area contributed by atoms with Crippen molar-refractivity contribution < 1.29 is 25.5 Å². The van der Waals surface area contributed by atoms with Crippen LogP contribution in [0.5, 0.6) is 0 Å². The lowest BCUT2D eigenvalue weighted by atomic mass is 10.1. The van der Waals surface area contributed by atoms with Crippen molar-refractivity contribution in [3.05, 3.63) is 6.42 Å². The molecule has 0 bridgehead atoms. The van der Waals surface area contributed by atoms with Crippen molar-refractivity contribution in [1.82, 2.24) is 0 Å². The molecule has 0 aliphatic heterocycles. The van der Waals surface area contributed by atoms with E-state index in [-0.39, 0.29) is 0 Å². The van der Waals surface area contributed by atoms with Crippen molar-refractivity contribution in [3.8, 4) is 0 Å². The Kier molecular flexibility index (Phi) is 5.35. The van der Waals surface area contributed by atoms with Gasteiger partial charge < -0.3 is 25.5 Å². The second kappa shape index (κ2) is 5.45. The van der Waals surface area contributed by atoms with Crippen LogP contribution >= 0.6 is 0 Å². The minimum atomic E-state index is -1.45. The predicted molar refractivity (Wildman–Crippen MR) is 36.5 cm³/mol. The normalized spacial score (nSPS) is 19.4. The number of aliphatic hydroxyl groups excluding tert-OH is 5. The van der Waals surface area contributed by atoms with Gasteiger partial charge in [0.25, 0.3) is 0 Å². The molecule has 0 rings (SSSR count). The molecule has 0 aliphatic rings. The van der Waals surface area contributed by atoms with Crippen LogP contribution in [0.4, 0.5) is 0 Å². The molecule has 0 amide bonds. The summed E-state index contributed by atoms with van der Waals surface area (Å²) in [6, 6.07) is 0. The van der Waals surface area contributed by atoms with Crippen LogP contribution in [-0.4, -0.2) is 57.1 Å². The Balaban J connectivity index is 3.70. The zero-order valence-corrected chi connectivity index (χ0v) is 5.96. The van der Waals surface area contributed by atoms with Gasteiger partial charge in [-0.25, -0.2) is 0 Å². The smallest absolute Gasteiger partial charge is 0.108 e. The molecule has 0 spiro atoms. The monoisotopic (exact) mass is 165 g/mol. The fourth-order valence-corrected chi connectivity index (χ4v) is 0.583. The van der Waals surface area contributed by atoms with E-state index in [4.69, 9.17) is 25.5 Å². The summed E-state index contributed by atoms with van der Waals surface area (Å²) in [5.41, 5.74) is 0. The van der Waals surface area contributed by atoms with Gasteiger partial charge in [0.05, 0.1) is 12.7 Å². The Morgan fingerprint density at radius 1 is 1.09 bits per heavy atom. The van der Waals surface area contributed by atoms with E-state index in [0.717, 1.165) is 6.42 Å². The maximum Gasteiger partial charge on any atom is 0.108 e. The summed E-state index contributed by atoms with van der Waals surface area (Å²) < 4.78 is 0. The molecular weight excluding hydrogens is 152 g/mol. The van der Waals surface area contributed by atoms with Crippen molar-refractivity contribution >= 4 is 0 Å². The molecule has 5 nitrogen and oxygen atoms in total. The van der Waals surface area contributed by atoms with Crippen molar-refractivity contribution in [2.24, 2.45) is 0 Å². The summed E-state index contributed by atoms with van der Waals surface area (Å²) in [4.78, 5) is 0. The molecule has 0 fully saturated rings. The van der Waals surface area contributed by atoms with E-state index in [9.17, 15) is 0 Å². The van der Waals surface area contributed by atoms with E-state index >= 15 is 0 Å². The Hall–Kier alpha value is -0.200. The molecule has 11 heavy (non-hydrogen) atoms. The summed E-state index contributed by atoms with van der Waals surface area (Å²) in [5.74, 6) is 0. The van der Waals surface area contributed by atoms with Crippen LogP contribution in [0.25, 0.3) is 0 Å². The van der Waals surface area contributed by atoms with Crippen LogP contribution < -0.4 is 0 Å². The Bertz CT molecular complexity index is 97.0. The SMILES string of the molecule is OC[CH]C(O)C(O)C(O)CO. The van der Waals surface area contributed by atoms with Gasteiger partial charge in [0.2, 0.25) is 0 Å². The summed E-state index contributed by atoms with van der Waals surface area (Å²) in [6.45, 7) is -1.02. The highest BCUT2D eigenvalue weighted by molar-refractivity contribution is 4.84. The van der Waals surface area contributed by atoms with Crippen LogP contribution in [0.1, 0.15) is 0 Å². The molecule has 0 aromatic carbocycles. The van der Waals surface area contributed by atoms with Crippen LogP contribution in [0.3, 0.4) is 0 Å². The molecule has 5 heteroatoms. The molecule has 0 aromatic heterocycles. The zero-order valence-electron chi connectivity index (χ0n) is 5.96. The lowest BCUT2D eigenvalue weighted by Gasteiger charge is -2.20. The topological polar surface area (TPSA) is 101 Å². The quantitative estimate of drug-likeness (QED) is 0.304. The van der Waals surface area contributed by atoms with Gasteiger partial charge in [-0.05, 0) is 0 Å². The molecule has 1 radical (unpaired) electrons. The summed E-state index contributed by atoms with van der Waals surface area (Å²) in [5, 5.41) is 43.2. The van der Waals surface area contributed by atoms with Crippen molar-refractivity contribution in [2.45, 2.75) is 18.3 Å². The zero-order chi connectivity index (χ0) is 8.85. The van der Waals surface area contributed by atoms with Crippen molar-refractivity contribution in [2.75, 3.05) is 13.2 Å². The van der Waals surface area contributed by atoms with Gasteiger partial charge >= 0.3 is 0 Å². The van der Waals surface area contributed by atoms with Crippen molar-refractivity contribution in [1.29, 1.82) is 0 Å². The highest BCUT2D eigenvalue weighted by atomic mass is 16.4. The second-order valence-corrected chi connectivity index (χ2v) is 2.15. The van der Waals surface area contributed by atoms with Gasteiger partial charge in [-0.2, -0.15) is 0 Å². The fraction of sp³-hybridized carbons (Fsp3) is 0.833. The highest BCUT2D eigenvalue weighted by Crippen LogP contribution is 2.01. The average molecular weight is 165 g/mol. The second-order valence-electron chi connectivity index (χ2n) is 2.15.